The van der Waals surface area contributed by atoms with Gasteiger partial charge in [0.15, 0.2) is 5.88 Å². The largest absolute Gasteiger partial charge is 0.482 e. The molecule has 1 aromatic carbocycles. The van der Waals surface area contributed by atoms with E-state index in [1.165, 1.54) is 7.11 Å². The molecular weight excluding hydrogens is 723 g/mol. The third-order valence-corrected chi connectivity index (χ3v) is 11.1. The number of alkyl halides is 3. The second kappa shape index (κ2) is 16.2. The Morgan fingerprint density at radius 3 is 2.54 bits per heavy atom. The van der Waals surface area contributed by atoms with Crippen LogP contribution in [0, 0.1) is 0 Å². The van der Waals surface area contributed by atoms with Crippen LogP contribution in [-0.2, 0) is 38.9 Å². The summed E-state index contributed by atoms with van der Waals surface area (Å²) in [7, 11) is 3.01. The summed E-state index contributed by atoms with van der Waals surface area (Å²) in [6.45, 7) is 2.45. The fourth-order valence-corrected chi connectivity index (χ4v) is 8.36. The van der Waals surface area contributed by atoms with Crippen LogP contribution in [0.15, 0.2) is 71.4 Å². The van der Waals surface area contributed by atoms with Crippen molar-refractivity contribution in [2.75, 3.05) is 45.8 Å². The van der Waals surface area contributed by atoms with Crippen molar-refractivity contribution in [3.8, 4) is 5.88 Å². The van der Waals surface area contributed by atoms with Crippen molar-refractivity contribution in [2.24, 2.45) is 0 Å². The van der Waals surface area contributed by atoms with E-state index in [0.29, 0.717) is 62.0 Å². The number of nitrogens with one attached hydrogen (secondary N) is 5. The minimum atomic E-state index is -4.66. The lowest BCUT2D eigenvalue weighted by Gasteiger charge is -2.41. The molecule has 11 nitrogen and oxygen atoms in total. The van der Waals surface area contributed by atoms with Gasteiger partial charge in [0.1, 0.15) is 11.4 Å². The summed E-state index contributed by atoms with van der Waals surface area (Å²) in [6.07, 6.45) is 4.58. The number of carbonyl (C=O) groups is 1. The second-order valence-corrected chi connectivity index (χ2v) is 14.4. The molecule has 0 bridgehead atoms. The molecule has 0 saturated carbocycles. The molecule has 5 heterocycles. The Morgan fingerprint density at radius 1 is 1.04 bits per heavy atom. The lowest BCUT2D eigenvalue weighted by atomic mass is 9.77. The number of ether oxygens (including phenoxy) is 3. The maximum atomic E-state index is 14.7. The number of nitrogens with zero attached hydrogens (tertiary/aromatic N) is 2. The lowest BCUT2D eigenvalue weighted by Crippen LogP contribution is -2.47. The number of hydrogen-bond donors (Lipinski definition) is 5. The third-order valence-electron chi connectivity index (χ3n) is 10.7. The highest BCUT2D eigenvalue weighted by molar-refractivity contribution is 6.31. The molecule has 1 aliphatic carbocycles. The predicted molar refractivity (Wildman–Crippen MR) is 198 cm³/mol. The third kappa shape index (κ3) is 7.75. The van der Waals surface area contributed by atoms with Gasteiger partial charge in [-0.15, -0.1) is 0 Å². The van der Waals surface area contributed by atoms with E-state index >= 15 is 0 Å². The van der Waals surface area contributed by atoms with Gasteiger partial charge in [-0.2, -0.15) is 18.2 Å². The van der Waals surface area contributed by atoms with Crippen molar-refractivity contribution < 1.29 is 32.2 Å². The molecule has 3 aromatic rings. The zero-order valence-electron chi connectivity index (χ0n) is 30.2. The van der Waals surface area contributed by atoms with E-state index < -0.39 is 23.3 Å². The molecule has 5 N–H and O–H groups in total. The number of fused-ring (bicyclic) bond motifs is 1. The molecule has 3 atom stereocenters. The van der Waals surface area contributed by atoms with Gasteiger partial charge in [-0.1, -0.05) is 29.8 Å². The first-order valence-electron chi connectivity index (χ1n) is 18.3. The van der Waals surface area contributed by atoms with Crippen molar-refractivity contribution in [1.82, 2.24) is 31.2 Å². The summed E-state index contributed by atoms with van der Waals surface area (Å²) in [6, 6.07) is 10.5. The van der Waals surface area contributed by atoms with Crippen molar-refractivity contribution in [2.45, 2.75) is 74.9 Å². The van der Waals surface area contributed by atoms with Crippen LogP contribution in [0.1, 0.15) is 71.5 Å². The maximum Gasteiger partial charge on any atom is 0.419 e. The number of dihydropyridines is 1. The number of amides is 1. The Bertz CT molecular complexity index is 1900. The summed E-state index contributed by atoms with van der Waals surface area (Å²) in [5.41, 5.74) is 2.67. The highest BCUT2D eigenvalue weighted by Crippen LogP contribution is 2.48. The smallest absolute Gasteiger partial charge is 0.419 e. The number of halogens is 4. The normalized spacial score (nSPS) is 23.1. The molecular formula is C39H45ClF3N7O4. The Kier molecular flexibility index (Phi) is 11.3. The zero-order valence-corrected chi connectivity index (χ0v) is 31.0. The molecule has 7 rings (SSSR count). The molecule has 288 valence electrons. The van der Waals surface area contributed by atoms with E-state index in [2.05, 4.69) is 36.6 Å². The van der Waals surface area contributed by atoms with Crippen molar-refractivity contribution >= 4 is 23.3 Å². The number of rotatable bonds is 13. The zero-order chi connectivity index (χ0) is 37.9. The van der Waals surface area contributed by atoms with E-state index in [0.717, 1.165) is 53.2 Å². The van der Waals surface area contributed by atoms with Crippen LogP contribution < -0.4 is 31.3 Å². The van der Waals surface area contributed by atoms with Gasteiger partial charge in [-0.05, 0) is 78.6 Å². The average molecular weight is 768 g/mol. The molecule has 1 unspecified atom stereocenters. The fraction of sp³-hybridized carbons (Fsp3) is 0.462. The van der Waals surface area contributed by atoms with Gasteiger partial charge >= 0.3 is 6.18 Å². The number of pyridine rings is 2. The highest BCUT2D eigenvalue weighted by Gasteiger charge is 2.45. The van der Waals surface area contributed by atoms with E-state index in [9.17, 15) is 18.0 Å². The molecule has 2 fully saturated rings. The van der Waals surface area contributed by atoms with Crippen LogP contribution in [0.4, 0.5) is 19.0 Å². The summed E-state index contributed by atoms with van der Waals surface area (Å²) >= 11 is 7.34. The topological polar surface area (TPSA) is 131 Å². The number of methoxy groups -OCH3 is 2. The molecule has 2 aromatic heterocycles. The summed E-state index contributed by atoms with van der Waals surface area (Å²) in [4.78, 5) is 20.3. The number of hydrogen-bond acceptors (Lipinski definition) is 10. The monoisotopic (exact) mass is 767 g/mol. The lowest BCUT2D eigenvalue weighted by molar-refractivity contribution is -0.137. The summed E-state index contributed by atoms with van der Waals surface area (Å²) in [5, 5.41) is 17.0. The molecule has 3 aliphatic heterocycles. The SMILES string of the molecule is COC1=C(CNC[C@@H]2CCC(=O)N2)C=C(Cl)C(c2ccncc2)(c2cccc3c2CC[C@H]3Nc2nc(OC)c(CNC3CCOCC3)cc2C(F)(F)F)N1. The van der Waals surface area contributed by atoms with Crippen LogP contribution in [0.2, 0.25) is 0 Å². The first kappa shape index (κ1) is 37.9. The van der Waals surface area contributed by atoms with Gasteiger partial charge in [0.2, 0.25) is 11.8 Å². The molecule has 15 heteroatoms. The van der Waals surface area contributed by atoms with Crippen LogP contribution >= 0.6 is 11.6 Å². The van der Waals surface area contributed by atoms with Crippen molar-refractivity contribution in [3.63, 3.8) is 0 Å². The van der Waals surface area contributed by atoms with Gasteiger partial charge < -0.3 is 40.8 Å². The Balaban J connectivity index is 1.19. The van der Waals surface area contributed by atoms with E-state index in [4.69, 9.17) is 25.8 Å². The Hall–Kier alpha value is -4.37. The molecule has 1 amide bonds. The first-order valence-corrected chi connectivity index (χ1v) is 18.7. The quantitative estimate of drug-likeness (QED) is 0.151. The molecule has 0 radical (unpaired) electrons. The molecule has 54 heavy (non-hydrogen) atoms. The summed E-state index contributed by atoms with van der Waals surface area (Å²) in [5.74, 6) is 0.421. The minimum absolute atomic E-state index is 0.0553. The average Bonchev–Trinajstić information content (AvgIpc) is 3.79. The Morgan fingerprint density at radius 2 is 1.83 bits per heavy atom. The van der Waals surface area contributed by atoms with Crippen LogP contribution in [-0.4, -0.2) is 68.5 Å². The van der Waals surface area contributed by atoms with E-state index in [-0.39, 0.29) is 36.2 Å². The summed E-state index contributed by atoms with van der Waals surface area (Å²) < 4.78 is 60.9. The van der Waals surface area contributed by atoms with Gasteiger partial charge in [0.05, 0.1) is 30.9 Å². The van der Waals surface area contributed by atoms with Crippen LogP contribution in [0.3, 0.4) is 0 Å². The minimum Gasteiger partial charge on any atom is -0.482 e. The molecule has 4 aliphatic rings. The van der Waals surface area contributed by atoms with Crippen molar-refractivity contribution in [3.05, 3.63) is 105 Å². The second-order valence-electron chi connectivity index (χ2n) is 14.0. The van der Waals surface area contributed by atoms with Crippen LogP contribution in [0.25, 0.3) is 0 Å². The van der Waals surface area contributed by atoms with Gasteiger partial charge in [0, 0.05) is 74.9 Å². The van der Waals surface area contributed by atoms with E-state index in [1.54, 1.807) is 19.5 Å². The number of aromatic nitrogens is 2. The van der Waals surface area contributed by atoms with Crippen molar-refractivity contribution in [1.29, 1.82) is 0 Å². The molecule has 2 saturated heterocycles. The predicted octanol–water partition coefficient (Wildman–Crippen LogP) is 5.57. The van der Waals surface area contributed by atoms with Gasteiger partial charge in [-0.25, -0.2) is 0 Å². The highest BCUT2D eigenvalue weighted by atomic mass is 35.5. The van der Waals surface area contributed by atoms with Crippen LogP contribution in [0.5, 0.6) is 5.88 Å². The number of anilines is 1. The maximum absolute atomic E-state index is 14.7. The number of benzene rings is 1. The van der Waals surface area contributed by atoms with E-state index in [1.807, 2.05) is 36.4 Å². The fourth-order valence-electron chi connectivity index (χ4n) is 7.97. The standard InChI is InChI=1S/C39H45ClF3N7O4/c1-52-36-23(21-46-26-12-16-54-17-13-26)18-31(39(41,42)43)35(49-36)48-32-8-7-28-29(32)4-3-5-30(28)38(25-10-14-44-15-11-25)33(40)19-24(37(50-38)53-2)20-45-22-27-6-9-34(51)47-27/h3-5,10-11,14-15,18-19,26-27,32,45-46,50H,6-9,12-13,16-17,20-22H2,1-2H3,(H,47,51)(H,48,49)/t27-,32+,38?/m0/s1. The van der Waals surface area contributed by atoms with Gasteiger partial charge in [0.25, 0.3) is 0 Å². The molecule has 0 spiro atoms. The Labute approximate surface area is 317 Å². The number of carbonyl (C=O) groups excluding carboxylic acids is 1. The first-order chi connectivity index (χ1) is 26.1. The van der Waals surface area contributed by atoms with Gasteiger partial charge in [-0.3, -0.25) is 9.78 Å².